The second-order valence-corrected chi connectivity index (χ2v) is 13.9. The summed E-state index contributed by atoms with van der Waals surface area (Å²) in [6, 6.07) is 0. The third kappa shape index (κ3) is 3.97. The van der Waals surface area contributed by atoms with Crippen molar-refractivity contribution in [1.82, 2.24) is 0 Å². The molecule has 0 aromatic heterocycles. The second kappa shape index (κ2) is 9.63. The van der Waals surface area contributed by atoms with Crippen LogP contribution in [0.25, 0.3) is 0 Å². The normalized spacial score (nSPS) is 45.3. The summed E-state index contributed by atoms with van der Waals surface area (Å²) in [5.74, 6) is -0.471. The summed E-state index contributed by atoms with van der Waals surface area (Å²) in [7, 11) is 0. The van der Waals surface area contributed by atoms with E-state index in [1.807, 2.05) is 6.08 Å². The van der Waals surface area contributed by atoms with Crippen molar-refractivity contribution in [1.29, 1.82) is 0 Å². The van der Waals surface area contributed by atoms with Gasteiger partial charge in [-0.15, -0.1) is 0 Å². The van der Waals surface area contributed by atoms with Gasteiger partial charge in [0.25, 0.3) is 0 Å². The van der Waals surface area contributed by atoms with Gasteiger partial charge in [-0.25, -0.2) is 0 Å². The predicted molar refractivity (Wildman–Crippen MR) is 143 cm³/mol. The summed E-state index contributed by atoms with van der Waals surface area (Å²) in [6.07, 6.45) is 12.2. The highest BCUT2D eigenvalue weighted by atomic mass is 16.7. The van der Waals surface area contributed by atoms with Gasteiger partial charge in [0, 0.05) is 22.7 Å². The van der Waals surface area contributed by atoms with Crippen LogP contribution in [0.1, 0.15) is 85.5 Å². The van der Waals surface area contributed by atoms with E-state index < -0.39 is 35.5 Å². The first-order chi connectivity index (χ1) is 18.5. The molecule has 0 amide bonds. The third-order valence-electron chi connectivity index (χ3n) is 11.5. The van der Waals surface area contributed by atoms with Crippen molar-refractivity contribution in [2.75, 3.05) is 6.61 Å². The molecule has 39 heavy (non-hydrogen) atoms. The van der Waals surface area contributed by atoms with Crippen molar-refractivity contribution < 1.29 is 33.7 Å². The van der Waals surface area contributed by atoms with Crippen LogP contribution in [0.15, 0.2) is 23.8 Å². The van der Waals surface area contributed by atoms with Crippen LogP contribution in [0.4, 0.5) is 0 Å². The first-order valence-corrected chi connectivity index (χ1v) is 15.2. The summed E-state index contributed by atoms with van der Waals surface area (Å²) in [4.78, 5) is 38.7. The zero-order chi connectivity index (χ0) is 27.7. The fourth-order valence-electron chi connectivity index (χ4n) is 9.62. The van der Waals surface area contributed by atoms with Crippen LogP contribution in [0.2, 0.25) is 0 Å². The molecule has 1 aliphatic heterocycles. The molecule has 9 atom stereocenters. The molecule has 1 saturated heterocycles. The Morgan fingerprint density at radius 2 is 1.90 bits per heavy atom. The fourth-order valence-corrected chi connectivity index (χ4v) is 9.62. The molecular weight excluding hydrogens is 496 g/mol. The van der Waals surface area contributed by atoms with Gasteiger partial charge >= 0.3 is 5.97 Å². The number of hydrogen-bond donors (Lipinski definition) is 1. The molecule has 5 aliphatic carbocycles. The highest BCUT2D eigenvalue weighted by Gasteiger charge is 2.76. The van der Waals surface area contributed by atoms with Gasteiger partial charge in [0.05, 0.1) is 18.1 Å². The molecule has 0 aromatic carbocycles. The molecule has 0 aromatic rings. The summed E-state index contributed by atoms with van der Waals surface area (Å²) < 4.78 is 19.0. The number of carbonyl (C=O) groups is 3. The minimum atomic E-state index is -1.25. The number of Topliss-reactive ketones (excluding diaryl/α,β-unsaturated/α-hetero) is 1. The number of ether oxygens (including phenoxy) is 3. The van der Waals surface area contributed by atoms with Gasteiger partial charge in [0.15, 0.2) is 24.3 Å². The lowest BCUT2D eigenvalue weighted by atomic mass is 9.46. The van der Waals surface area contributed by atoms with Crippen molar-refractivity contribution in [2.24, 2.45) is 40.4 Å². The lowest BCUT2D eigenvalue weighted by Crippen LogP contribution is -2.63. The van der Waals surface area contributed by atoms with Crippen LogP contribution >= 0.6 is 0 Å². The number of hydrogen-bond acceptors (Lipinski definition) is 7. The van der Waals surface area contributed by atoms with Crippen LogP contribution in [0.5, 0.6) is 0 Å². The van der Waals surface area contributed by atoms with E-state index in [0.717, 1.165) is 44.1 Å². The first-order valence-electron chi connectivity index (χ1n) is 15.2. The van der Waals surface area contributed by atoms with Crippen LogP contribution in [0, 0.1) is 40.4 Å². The highest BCUT2D eigenvalue weighted by Crippen LogP contribution is 2.70. The molecule has 6 aliphatic rings. The smallest absolute Gasteiger partial charge is 0.308 e. The number of carbonyl (C=O) groups excluding carboxylic acids is 3. The van der Waals surface area contributed by atoms with Gasteiger partial charge in [-0.1, -0.05) is 58.6 Å². The van der Waals surface area contributed by atoms with E-state index in [-0.39, 0.29) is 53.2 Å². The predicted octanol–water partition coefficient (Wildman–Crippen LogP) is 4.70. The number of esters is 1. The quantitative estimate of drug-likeness (QED) is 0.505. The molecule has 1 N–H and O–H groups in total. The first kappa shape index (κ1) is 27.3. The minimum absolute atomic E-state index is 0.0162. The number of allylic oxidation sites excluding steroid dienone is 4. The van der Waals surface area contributed by atoms with Crippen molar-refractivity contribution in [3.63, 3.8) is 0 Å². The topological polar surface area (TPSA) is 99.1 Å². The van der Waals surface area contributed by atoms with Gasteiger partial charge < -0.3 is 19.3 Å². The minimum Gasteiger partial charge on any atom is -0.457 e. The maximum atomic E-state index is 14.2. The Morgan fingerprint density at radius 1 is 1.15 bits per heavy atom. The van der Waals surface area contributed by atoms with Gasteiger partial charge in [0.2, 0.25) is 5.78 Å². The summed E-state index contributed by atoms with van der Waals surface area (Å²) in [5.41, 5.74) is -1.19. The molecule has 7 heteroatoms. The highest BCUT2D eigenvalue weighted by molar-refractivity contribution is 6.01. The van der Waals surface area contributed by atoms with Crippen LogP contribution in [-0.4, -0.2) is 53.3 Å². The molecule has 1 heterocycles. The average molecular weight is 541 g/mol. The molecule has 0 radical (unpaired) electrons. The molecule has 214 valence electrons. The SMILES string of the molecule is CC(C)C(=O)OCC(=O)[C@@]12OC(C3CCCCC3)O[C@H]1C[C@H]1[C@@H]3CCC4=CC(=O)C=C[C@]4(C)[C@@H]3C(O)C[C@@]12C. The molecule has 4 saturated carbocycles. The Kier molecular flexibility index (Phi) is 6.75. The van der Waals surface area contributed by atoms with Crippen molar-refractivity contribution >= 4 is 17.5 Å². The molecule has 6 rings (SSSR count). The lowest BCUT2D eigenvalue weighted by Gasteiger charge is -2.59. The fraction of sp³-hybridized carbons (Fsp3) is 0.781. The Bertz CT molecular complexity index is 1100. The van der Waals surface area contributed by atoms with Gasteiger partial charge in [0.1, 0.15) is 0 Å². The average Bonchev–Trinajstić information content (AvgIpc) is 3.41. The van der Waals surface area contributed by atoms with Gasteiger partial charge in [-0.3, -0.25) is 14.4 Å². The zero-order valence-corrected chi connectivity index (χ0v) is 23.8. The Labute approximate surface area is 231 Å². The maximum Gasteiger partial charge on any atom is 0.308 e. The second-order valence-electron chi connectivity index (χ2n) is 13.9. The standard InChI is InChI=1S/C32H44O7/c1-18(2)28(36)37-17-25(35)32-26(38-29(39-32)19-8-6-5-7-9-19)15-23-22-11-10-20-14-21(33)12-13-30(20,3)27(22)24(34)16-31(23,32)4/h12-14,18-19,22-24,26-27,29,34H,5-11,15-17H2,1-4H3/t22-,23-,24?,26-,27-,29?,30-,31-,32+/m0/s1. The van der Waals surface area contributed by atoms with E-state index in [2.05, 4.69) is 13.8 Å². The molecule has 2 unspecified atom stereocenters. The lowest BCUT2D eigenvalue weighted by molar-refractivity contribution is -0.210. The van der Waals surface area contributed by atoms with E-state index in [1.54, 1.807) is 26.0 Å². The van der Waals surface area contributed by atoms with Crippen molar-refractivity contribution in [3.05, 3.63) is 23.8 Å². The van der Waals surface area contributed by atoms with E-state index in [0.29, 0.717) is 12.8 Å². The number of rotatable bonds is 5. The van der Waals surface area contributed by atoms with Gasteiger partial charge in [-0.2, -0.15) is 0 Å². The molecule has 5 fully saturated rings. The number of aliphatic hydroxyl groups is 1. The number of aliphatic hydroxyl groups excluding tert-OH is 1. The van der Waals surface area contributed by atoms with E-state index in [9.17, 15) is 19.5 Å². The third-order valence-corrected chi connectivity index (χ3v) is 11.5. The van der Waals surface area contributed by atoms with Crippen LogP contribution in [-0.2, 0) is 28.6 Å². The molecule has 0 bridgehead atoms. The Hall–Kier alpha value is -1.83. The van der Waals surface area contributed by atoms with Crippen molar-refractivity contribution in [3.8, 4) is 0 Å². The summed E-state index contributed by atoms with van der Waals surface area (Å²) in [6.45, 7) is 7.44. The molecule has 7 nitrogen and oxygen atoms in total. The molecular formula is C32H44O7. The van der Waals surface area contributed by atoms with Crippen LogP contribution in [0.3, 0.4) is 0 Å². The van der Waals surface area contributed by atoms with Crippen molar-refractivity contribution in [2.45, 2.75) is 110 Å². The Balaban J connectivity index is 1.35. The van der Waals surface area contributed by atoms with Gasteiger partial charge in [-0.05, 0) is 62.5 Å². The van der Waals surface area contributed by atoms with Crippen LogP contribution < -0.4 is 0 Å². The van der Waals surface area contributed by atoms with E-state index in [1.165, 1.54) is 6.42 Å². The number of ketones is 2. The zero-order valence-electron chi connectivity index (χ0n) is 23.8. The maximum absolute atomic E-state index is 14.2. The van der Waals surface area contributed by atoms with E-state index in [4.69, 9.17) is 14.2 Å². The number of fused-ring (bicyclic) bond motifs is 7. The largest absolute Gasteiger partial charge is 0.457 e. The van der Waals surface area contributed by atoms with E-state index >= 15 is 0 Å². The molecule has 0 spiro atoms. The summed E-state index contributed by atoms with van der Waals surface area (Å²) in [5, 5.41) is 11.9. The Morgan fingerprint density at radius 3 is 2.62 bits per heavy atom. The summed E-state index contributed by atoms with van der Waals surface area (Å²) >= 11 is 0. The monoisotopic (exact) mass is 540 g/mol.